The monoisotopic (exact) mass is 357 g/mol. The zero-order valence-corrected chi connectivity index (χ0v) is 13.9. The van der Waals surface area contributed by atoms with Gasteiger partial charge >= 0.3 is 0 Å². The Hall–Kier alpha value is -2.88. The molecule has 8 heteroatoms. The Balaban J connectivity index is 2.05. The van der Waals surface area contributed by atoms with Gasteiger partial charge in [0.25, 0.3) is 11.8 Å². The molecule has 1 aromatic carbocycles. The van der Waals surface area contributed by atoms with Crippen molar-refractivity contribution in [3.63, 3.8) is 0 Å². The number of aliphatic hydroxyl groups is 2. The number of amides is 2. The Morgan fingerprint density at radius 1 is 1.23 bits per heavy atom. The van der Waals surface area contributed by atoms with E-state index in [1.165, 1.54) is 17.6 Å². The van der Waals surface area contributed by atoms with Gasteiger partial charge in [0.2, 0.25) is 0 Å². The van der Waals surface area contributed by atoms with Crippen LogP contribution in [0.15, 0.2) is 24.3 Å². The second-order valence-corrected chi connectivity index (χ2v) is 5.69. The van der Waals surface area contributed by atoms with Gasteiger partial charge in [-0.25, -0.2) is 5.48 Å². The number of hydrogen-bond acceptors (Lipinski definition) is 6. The third kappa shape index (κ3) is 4.82. The van der Waals surface area contributed by atoms with E-state index in [2.05, 4.69) is 34.3 Å². The summed E-state index contributed by atoms with van der Waals surface area (Å²) in [4.78, 5) is 24.1. The van der Waals surface area contributed by atoms with Gasteiger partial charge in [-0.1, -0.05) is 11.8 Å². The lowest BCUT2D eigenvalue weighted by atomic mass is 9.87. The molecule has 0 aliphatic carbocycles. The minimum Gasteiger partial charge on any atom is -0.395 e. The zero-order valence-electron chi connectivity index (χ0n) is 13.9. The first kappa shape index (κ1) is 19.4. The van der Waals surface area contributed by atoms with Crippen molar-refractivity contribution in [3.05, 3.63) is 35.4 Å². The fourth-order valence-electron chi connectivity index (χ4n) is 2.28. The summed E-state index contributed by atoms with van der Waals surface area (Å²) >= 11 is 0. The van der Waals surface area contributed by atoms with Gasteiger partial charge in [0.15, 0.2) is 0 Å². The molecule has 0 saturated carbocycles. The molecule has 0 radical (unpaired) electrons. The van der Waals surface area contributed by atoms with Crippen LogP contribution in [0, 0.1) is 23.7 Å². The smallest absolute Gasteiger partial charge is 0.269 e. The van der Waals surface area contributed by atoms with Crippen molar-refractivity contribution in [1.82, 2.24) is 16.1 Å². The van der Waals surface area contributed by atoms with Gasteiger partial charge in [-0.3, -0.25) is 14.8 Å². The fourth-order valence-corrected chi connectivity index (χ4v) is 2.28. The summed E-state index contributed by atoms with van der Waals surface area (Å²) in [6, 6.07) is 5.00. The topological polar surface area (TPSA) is 131 Å². The predicted octanol–water partition coefficient (Wildman–Crippen LogP) is -1.64. The SMILES string of the molecule is O=C(N[C@@H](C(=O)NO)C1(O)CNC1)c1ccc(C#CC#CCCO)cc1. The quantitative estimate of drug-likeness (QED) is 0.213. The first-order chi connectivity index (χ1) is 12.5. The Bertz CT molecular complexity index is 779. The van der Waals surface area contributed by atoms with Crippen LogP contribution < -0.4 is 16.1 Å². The van der Waals surface area contributed by atoms with E-state index in [1.807, 2.05) is 0 Å². The lowest BCUT2D eigenvalue weighted by Gasteiger charge is -2.42. The van der Waals surface area contributed by atoms with Gasteiger partial charge in [-0.2, -0.15) is 0 Å². The lowest BCUT2D eigenvalue weighted by Crippen LogP contribution is -2.73. The summed E-state index contributed by atoms with van der Waals surface area (Å²) in [6.07, 6.45) is 0.359. The Morgan fingerprint density at radius 2 is 1.92 bits per heavy atom. The predicted molar refractivity (Wildman–Crippen MR) is 91.8 cm³/mol. The van der Waals surface area contributed by atoms with E-state index in [0.29, 0.717) is 12.0 Å². The van der Waals surface area contributed by atoms with Crippen molar-refractivity contribution in [2.75, 3.05) is 19.7 Å². The molecule has 0 aromatic heterocycles. The number of carbonyl (C=O) groups excluding carboxylic acids is 2. The normalized spacial score (nSPS) is 15.2. The van der Waals surface area contributed by atoms with Crippen LogP contribution in [0.1, 0.15) is 22.3 Å². The molecule has 1 fully saturated rings. The fraction of sp³-hybridized carbons (Fsp3) is 0.333. The first-order valence-electron chi connectivity index (χ1n) is 7.88. The minimum atomic E-state index is -1.46. The Labute approximate surface area is 150 Å². The maximum absolute atomic E-state index is 12.3. The van der Waals surface area contributed by atoms with Gasteiger partial charge in [-0.15, -0.1) is 0 Å². The van der Waals surface area contributed by atoms with Crippen molar-refractivity contribution >= 4 is 11.8 Å². The summed E-state index contributed by atoms with van der Waals surface area (Å²) < 4.78 is 0. The van der Waals surface area contributed by atoms with Crippen molar-refractivity contribution in [1.29, 1.82) is 0 Å². The number of aliphatic hydroxyl groups excluding tert-OH is 1. The summed E-state index contributed by atoms with van der Waals surface area (Å²) in [5, 5.41) is 32.9. The standard InChI is InChI=1S/C18H19N3O5/c22-10-4-2-1-3-5-13-6-8-14(9-7-13)16(23)20-15(17(24)21-26)18(25)11-19-12-18/h6-9,15,19,22,25-26H,4,10-12H2,(H,20,23)(H,21,24)/t15-/m0/s1. The minimum absolute atomic E-state index is 0.0149. The molecule has 1 saturated heterocycles. The van der Waals surface area contributed by atoms with Gasteiger partial charge in [0.05, 0.1) is 6.61 Å². The van der Waals surface area contributed by atoms with Crippen molar-refractivity contribution < 1.29 is 25.0 Å². The number of benzene rings is 1. The maximum atomic E-state index is 12.3. The first-order valence-corrected chi connectivity index (χ1v) is 7.88. The van der Waals surface area contributed by atoms with Crippen LogP contribution >= 0.6 is 0 Å². The van der Waals surface area contributed by atoms with Crippen LogP contribution in [0.5, 0.6) is 0 Å². The van der Waals surface area contributed by atoms with Gasteiger partial charge in [0.1, 0.15) is 11.6 Å². The van der Waals surface area contributed by atoms with Crippen LogP contribution in [-0.2, 0) is 4.79 Å². The Morgan fingerprint density at radius 3 is 2.46 bits per heavy atom. The van der Waals surface area contributed by atoms with Crippen LogP contribution in [0.3, 0.4) is 0 Å². The van der Waals surface area contributed by atoms with Crippen molar-refractivity contribution in [2.45, 2.75) is 18.1 Å². The number of β-amino-alcohol motifs (C(OH)–C–C–N with tert-alkyl or cyclic N) is 1. The van der Waals surface area contributed by atoms with E-state index < -0.39 is 23.5 Å². The van der Waals surface area contributed by atoms with Crippen LogP contribution in [0.4, 0.5) is 0 Å². The Kier molecular flexibility index (Phi) is 6.73. The maximum Gasteiger partial charge on any atom is 0.269 e. The summed E-state index contributed by atoms with van der Waals surface area (Å²) in [7, 11) is 0. The molecule has 8 nitrogen and oxygen atoms in total. The average Bonchev–Trinajstić information content (AvgIpc) is 2.63. The number of nitrogens with one attached hydrogen (secondary N) is 3. The van der Waals surface area contributed by atoms with Crippen LogP contribution in [0.25, 0.3) is 0 Å². The molecular formula is C18H19N3O5. The second kappa shape index (κ2) is 8.99. The molecule has 26 heavy (non-hydrogen) atoms. The highest BCUT2D eigenvalue weighted by atomic mass is 16.5. The van der Waals surface area contributed by atoms with Gasteiger partial charge < -0.3 is 20.8 Å². The number of carbonyl (C=O) groups is 2. The molecule has 1 aromatic rings. The molecule has 0 unspecified atom stereocenters. The third-order valence-corrected chi connectivity index (χ3v) is 3.79. The zero-order chi connectivity index (χ0) is 19.0. The number of hydrogen-bond donors (Lipinski definition) is 6. The van der Waals surface area contributed by atoms with E-state index in [0.717, 1.165) is 0 Å². The third-order valence-electron chi connectivity index (χ3n) is 3.79. The molecule has 136 valence electrons. The van der Waals surface area contributed by atoms with Crippen LogP contribution in [-0.4, -0.2) is 58.6 Å². The van der Waals surface area contributed by atoms with E-state index >= 15 is 0 Å². The summed E-state index contributed by atoms with van der Waals surface area (Å²) in [6.45, 7) is 0.230. The number of hydroxylamine groups is 1. The van der Waals surface area contributed by atoms with Gasteiger partial charge in [-0.05, 0) is 36.1 Å². The summed E-state index contributed by atoms with van der Waals surface area (Å²) in [5.74, 6) is 9.23. The van der Waals surface area contributed by atoms with E-state index in [1.54, 1.807) is 12.1 Å². The van der Waals surface area contributed by atoms with Crippen LogP contribution in [0.2, 0.25) is 0 Å². The second-order valence-electron chi connectivity index (χ2n) is 5.69. The molecule has 1 atom stereocenters. The number of rotatable bonds is 5. The largest absolute Gasteiger partial charge is 0.395 e. The highest BCUT2D eigenvalue weighted by molar-refractivity contribution is 5.98. The molecule has 0 bridgehead atoms. The highest BCUT2D eigenvalue weighted by Gasteiger charge is 2.47. The lowest BCUT2D eigenvalue weighted by molar-refractivity contribution is -0.141. The van der Waals surface area contributed by atoms with E-state index in [-0.39, 0.29) is 25.3 Å². The van der Waals surface area contributed by atoms with E-state index in [4.69, 9.17) is 10.3 Å². The molecule has 6 N–H and O–H groups in total. The molecule has 1 heterocycles. The van der Waals surface area contributed by atoms with Gasteiger partial charge in [0, 0.05) is 30.6 Å². The highest BCUT2D eigenvalue weighted by Crippen LogP contribution is 2.17. The molecule has 2 rings (SSSR count). The molecule has 2 amide bonds. The molecule has 1 aliphatic heterocycles. The van der Waals surface area contributed by atoms with E-state index in [9.17, 15) is 14.7 Å². The van der Waals surface area contributed by atoms with Crippen molar-refractivity contribution in [2.24, 2.45) is 0 Å². The van der Waals surface area contributed by atoms with Crippen molar-refractivity contribution in [3.8, 4) is 23.7 Å². The summed E-state index contributed by atoms with van der Waals surface area (Å²) in [5.41, 5.74) is 0.914. The molecular weight excluding hydrogens is 338 g/mol. The molecule has 1 aliphatic rings. The average molecular weight is 357 g/mol. The molecule has 0 spiro atoms.